The molecular formula is C13H18N2O6. The molecule has 0 unspecified atom stereocenters. The van der Waals surface area contributed by atoms with Crippen LogP contribution in [0.25, 0.3) is 0 Å². The maximum Gasteiger partial charge on any atom is 0.292 e. The number of hydrogen-bond acceptors (Lipinski definition) is 7. The van der Waals surface area contributed by atoms with Gasteiger partial charge in [0, 0.05) is 6.07 Å². The smallest absolute Gasteiger partial charge is 0.292 e. The third kappa shape index (κ3) is 3.13. The number of hydrogen-bond donors (Lipinski definition) is 4. The van der Waals surface area contributed by atoms with E-state index in [9.17, 15) is 25.4 Å². The molecule has 4 N–H and O–H groups in total. The molecule has 0 aliphatic carbocycles. The van der Waals surface area contributed by atoms with Crippen molar-refractivity contribution in [3.8, 4) is 0 Å². The molecule has 0 saturated carbocycles. The fraction of sp³-hybridized carbons (Fsp3) is 0.538. The predicted molar refractivity (Wildman–Crippen MR) is 74.0 cm³/mol. The third-order valence-electron chi connectivity index (χ3n) is 3.61. The van der Waals surface area contributed by atoms with Gasteiger partial charge in [0.15, 0.2) is 6.23 Å². The molecule has 1 aliphatic rings. The van der Waals surface area contributed by atoms with Gasteiger partial charge in [0.05, 0.1) is 11.5 Å². The van der Waals surface area contributed by atoms with Crippen molar-refractivity contribution in [1.29, 1.82) is 0 Å². The zero-order valence-electron chi connectivity index (χ0n) is 11.7. The molecule has 1 saturated heterocycles. The van der Waals surface area contributed by atoms with Gasteiger partial charge in [0.1, 0.15) is 24.0 Å². The molecule has 2 rings (SSSR count). The Balaban J connectivity index is 2.27. The lowest BCUT2D eigenvalue weighted by atomic mass is 10.0. The quantitative estimate of drug-likeness (QED) is 0.459. The zero-order valence-corrected chi connectivity index (χ0v) is 11.7. The van der Waals surface area contributed by atoms with Gasteiger partial charge in [-0.2, -0.15) is 0 Å². The lowest BCUT2D eigenvalue weighted by Crippen LogP contribution is -2.55. The van der Waals surface area contributed by atoms with Crippen molar-refractivity contribution in [2.45, 2.75) is 38.4 Å². The Bertz CT molecular complexity index is 550. The van der Waals surface area contributed by atoms with E-state index in [2.05, 4.69) is 5.32 Å². The highest BCUT2D eigenvalue weighted by Gasteiger charge is 2.38. The molecule has 0 spiro atoms. The van der Waals surface area contributed by atoms with Gasteiger partial charge < -0.3 is 25.4 Å². The zero-order chi connectivity index (χ0) is 15.7. The van der Waals surface area contributed by atoms with E-state index in [4.69, 9.17) is 4.74 Å². The van der Waals surface area contributed by atoms with E-state index in [1.54, 1.807) is 19.9 Å². The number of nitro groups is 1. The molecule has 21 heavy (non-hydrogen) atoms. The Hall–Kier alpha value is -1.74. The first-order valence-corrected chi connectivity index (χ1v) is 6.49. The Kier molecular flexibility index (Phi) is 4.43. The first kappa shape index (κ1) is 15.6. The Morgan fingerprint density at radius 3 is 2.48 bits per heavy atom. The van der Waals surface area contributed by atoms with Crippen molar-refractivity contribution < 1.29 is 25.0 Å². The number of nitrogens with zero attached hydrogens (tertiary/aromatic N) is 1. The number of aliphatic hydroxyl groups is 3. The van der Waals surface area contributed by atoms with E-state index in [-0.39, 0.29) is 18.0 Å². The van der Waals surface area contributed by atoms with Gasteiger partial charge in [-0.05, 0) is 31.0 Å². The van der Waals surface area contributed by atoms with Crippen LogP contribution >= 0.6 is 0 Å². The molecule has 0 bridgehead atoms. The molecule has 1 aromatic rings. The van der Waals surface area contributed by atoms with Crippen LogP contribution < -0.4 is 5.32 Å². The summed E-state index contributed by atoms with van der Waals surface area (Å²) in [5.74, 6) is 0. The molecule has 4 atom stereocenters. The average Bonchev–Trinajstić information content (AvgIpc) is 2.43. The van der Waals surface area contributed by atoms with E-state index in [1.165, 1.54) is 6.07 Å². The summed E-state index contributed by atoms with van der Waals surface area (Å²) in [6, 6.07) is 3.01. The summed E-state index contributed by atoms with van der Waals surface area (Å²) < 4.78 is 5.19. The second-order valence-electron chi connectivity index (χ2n) is 5.16. The number of ether oxygens (including phenoxy) is 1. The van der Waals surface area contributed by atoms with Crippen molar-refractivity contribution in [2.24, 2.45) is 0 Å². The van der Waals surface area contributed by atoms with Crippen molar-refractivity contribution in [3.63, 3.8) is 0 Å². The highest BCUT2D eigenvalue weighted by Crippen LogP contribution is 2.30. The molecule has 0 amide bonds. The summed E-state index contributed by atoms with van der Waals surface area (Å²) >= 11 is 0. The van der Waals surface area contributed by atoms with Crippen LogP contribution in [0.15, 0.2) is 12.1 Å². The van der Waals surface area contributed by atoms with Crippen molar-refractivity contribution in [3.05, 3.63) is 33.4 Å². The first-order valence-electron chi connectivity index (χ1n) is 6.49. The van der Waals surface area contributed by atoms with E-state index >= 15 is 0 Å². The Morgan fingerprint density at radius 2 is 1.86 bits per heavy atom. The van der Waals surface area contributed by atoms with Crippen molar-refractivity contribution in [2.75, 3.05) is 11.9 Å². The molecule has 8 nitrogen and oxygen atoms in total. The van der Waals surface area contributed by atoms with Crippen LogP contribution in [0.3, 0.4) is 0 Å². The summed E-state index contributed by atoms with van der Waals surface area (Å²) in [4.78, 5) is 10.6. The van der Waals surface area contributed by atoms with Gasteiger partial charge in [-0.1, -0.05) is 0 Å². The van der Waals surface area contributed by atoms with Crippen LogP contribution in [0.2, 0.25) is 0 Å². The first-order chi connectivity index (χ1) is 9.81. The maximum atomic E-state index is 11.1. The molecule has 1 heterocycles. The Labute approximate surface area is 121 Å². The van der Waals surface area contributed by atoms with Crippen molar-refractivity contribution >= 4 is 11.4 Å². The fourth-order valence-electron chi connectivity index (χ4n) is 2.15. The van der Waals surface area contributed by atoms with E-state index < -0.39 is 29.5 Å². The second-order valence-corrected chi connectivity index (χ2v) is 5.16. The average molecular weight is 298 g/mol. The Morgan fingerprint density at radius 1 is 1.24 bits per heavy atom. The molecule has 0 aromatic heterocycles. The summed E-state index contributed by atoms with van der Waals surface area (Å²) in [5.41, 5.74) is 1.66. The molecule has 0 radical (unpaired) electrons. The van der Waals surface area contributed by atoms with Gasteiger partial charge in [0.2, 0.25) is 0 Å². The number of aliphatic hydroxyl groups excluding tert-OH is 3. The molecular weight excluding hydrogens is 280 g/mol. The monoisotopic (exact) mass is 298 g/mol. The van der Waals surface area contributed by atoms with Gasteiger partial charge in [-0.15, -0.1) is 0 Å². The third-order valence-corrected chi connectivity index (χ3v) is 3.61. The van der Waals surface area contributed by atoms with Gasteiger partial charge in [-0.3, -0.25) is 10.1 Å². The van der Waals surface area contributed by atoms with E-state index in [0.29, 0.717) is 0 Å². The van der Waals surface area contributed by atoms with Crippen molar-refractivity contribution in [1.82, 2.24) is 0 Å². The fourth-order valence-corrected chi connectivity index (χ4v) is 2.15. The minimum atomic E-state index is -1.39. The topological polar surface area (TPSA) is 125 Å². The van der Waals surface area contributed by atoms with Crippen LogP contribution in [0.1, 0.15) is 11.1 Å². The number of rotatable bonds is 3. The lowest BCUT2D eigenvalue weighted by molar-refractivity contribution is -0.384. The van der Waals surface area contributed by atoms with Crippen LogP contribution in [-0.4, -0.2) is 51.4 Å². The summed E-state index contributed by atoms with van der Waals surface area (Å²) in [6.07, 6.45) is -4.99. The minimum Gasteiger partial charge on any atom is -0.388 e. The van der Waals surface area contributed by atoms with Gasteiger partial charge in [0.25, 0.3) is 5.69 Å². The molecule has 1 aromatic carbocycles. The van der Waals surface area contributed by atoms with Crippen LogP contribution in [0, 0.1) is 24.0 Å². The second kappa shape index (κ2) is 5.94. The summed E-state index contributed by atoms with van der Waals surface area (Å²) in [5, 5.41) is 42.7. The SMILES string of the molecule is Cc1cc(N[C@@H]2OC[C@H](O)[C@H](O)[C@@H]2O)c([N+](=O)[O-])cc1C. The number of aryl methyl sites for hydroxylation is 2. The van der Waals surface area contributed by atoms with Crippen LogP contribution in [0.4, 0.5) is 11.4 Å². The highest BCUT2D eigenvalue weighted by molar-refractivity contribution is 5.64. The molecule has 116 valence electrons. The normalized spacial score (nSPS) is 29.2. The maximum absolute atomic E-state index is 11.1. The molecule has 8 heteroatoms. The highest BCUT2D eigenvalue weighted by atomic mass is 16.6. The summed E-state index contributed by atoms with van der Waals surface area (Å²) in [7, 11) is 0. The van der Waals surface area contributed by atoms with Crippen LogP contribution in [-0.2, 0) is 4.74 Å². The van der Waals surface area contributed by atoms with Gasteiger partial charge in [-0.25, -0.2) is 0 Å². The number of benzene rings is 1. The lowest BCUT2D eigenvalue weighted by Gasteiger charge is -2.35. The standard InChI is InChI=1S/C13H18N2O6/c1-6-3-8(9(15(19)20)4-7(6)2)14-13-12(18)11(17)10(16)5-21-13/h3-4,10-14,16-18H,5H2,1-2H3/t10-,11-,12-,13+/m0/s1. The molecule has 1 aliphatic heterocycles. The molecule has 1 fully saturated rings. The van der Waals surface area contributed by atoms with E-state index in [1.807, 2.05) is 0 Å². The number of nitro benzene ring substituents is 1. The predicted octanol–water partition coefficient (Wildman–Crippen LogP) is 0.0625. The van der Waals surface area contributed by atoms with E-state index in [0.717, 1.165) is 11.1 Å². The number of nitrogens with one attached hydrogen (secondary N) is 1. The number of anilines is 1. The van der Waals surface area contributed by atoms with Crippen LogP contribution in [0.5, 0.6) is 0 Å². The minimum absolute atomic E-state index is 0.144. The summed E-state index contributed by atoms with van der Waals surface area (Å²) in [6.45, 7) is 3.40. The largest absolute Gasteiger partial charge is 0.388 e. The van der Waals surface area contributed by atoms with Gasteiger partial charge >= 0.3 is 0 Å².